The zero-order valence-corrected chi connectivity index (χ0v) is 13.8. The van der Waals surface area contributed by atoms with Crippen molar-refractivity contribution in [1.82, 2.24) is 5.32 Å². The molecule has 2 rings (SSSR count). The Kier molecular flexibility index (Phi) is 5.49. The zero-order chi connectivity index (χ0) is 17.0. The topological polar surface area (TPSA) is 46.2 Å². The Balaban J connectivity index is 2.03. The van der Waals surface area contributed by atoms with Gasteiger partial charge in [-0.2, -0.15) is 0 Å². The maximum Gasteiger partial charge on any atom is 0.178 e. The van der Waals surface area contributed by atoms with Crippen molar-refractivity contribution in [2.75, 3.05) is 5.75 Å². The van der Waals surface area contributed by atoms with E-state index in [1.54, 1.807) is 38.1 Å². The smallest absolute Gasteiger partial charge is 0.178 e. The molecule has 0 heterocycles. The van der Waals surface area contributed by atoms with Gasteiger partial charge in [0.05, 0.1) is 10.6 Å². The first-order chi connectivity index (χ1) is 10.8. The second kappa shape index (κ2) is 7.19. The molecule has 124 valence electrons. The van der Waals surface area contributed by atoms with Gasteiger partial charge < -0.3 is 5.32 Å². The molecule has 1 atom stereocenters. The van der Waals surface area contributed by atoms with Crippen LogP contribution in [0.1, 0.15) is 31.0 Å². The third-order valence-corrected chi connectivity index (χ3v) is 5.45. The van der Waals surface area contributed by atoms with Gasteiger partial charge in [-0.3, -0.25) is 0 Å². The fourth-order valence-corrected chi connectivity index (χ4v) is 3.10. The summed E-state index contributed by atoms with van der Waals surface area (Å²) in [5.41, 5.74) is 1.27. The molecule has 0 amide bonds. The molecule has 0 saturated carbocycles. The minimum absolute atomic E-state index is 0.0610. The van der Waals surface area contributed by atoms with Crippen molar-refractivity contribution >= 4 is 9.84 Å². The third kappa shape index (κ3) is 4.36. The summed E-state index contributed by atoms with van der Waals surface area (Å²) in [6, 6.07) is 9.79. The quantitative estimate of drug-likeness (QED) is 0.874. The molecule has 0 spiro atoms. The monoisotopic (exact) mass is 339 g/mol. The Bertz CT molecular complexity index is 774. The lowest BCUT2D eigenvalue weighted by atomic mass is 10.1. The summed E-state index contributed by atoms with van der Waals surface area (Å²) in [4.78, 5) is 0.293. The molecule has 1 N–H and O–H groups in total. The number of rotatable bonds is 6. The van der Waals surface area contributed by atoms with E-state index >= 15 is 0 Å². The van der Waals surface area contributed by atoms with Gasteiger partial charge >= 0.3 is 0 Å². The van der Waals surface area contributed by atoms with Crippen molar-refractivity contribution in [3.05, 3.63) is 65.2 Å². The fraction of sp³-hybridized carbons (Fsp3) is 0.294. The van der Waals surface area contributed by atoms with Crippen molar-refractivity contribution in [3.63, 3.8) is 0 Å². The molecule has 0 radical (unpaired) electrons. The summed E-state index contributed by atoms with van der Waals surface area (Å²) < 4.78 is 50.1. The molecule has 0 aliphatic carbocycles. The summed E-state index contributed by atoms with van der Waals surface area (Å²) in [6.07, 6.45) is 0. The predicted molar refractivity (Wildman–Crippen MR) is 85.8 cm³/mol. The summed E-state index contributed by atoms with van der Waals surface area (Å²) in [5, 5.41) is 3.14. The molecular formula is C17H19F2NO2S. The lowest BCUT2D eigenvalue weighted by molar-refractivity contribution is 0.517. The van der Waals surface area contributed by atoms with Crippen LogP contribution in [-0.4, -0.2) is 14.2 Å². The maximum atomic E-state index is 13.7. The standard InChI is InChI=1S/C17H19F2NO2S/c1-3-23(21,22)15-7-4-13(5-8-15)11-20-12(2)16-9-6-14(18)10-17(16)19/h4-10,12,20H,3,11H2,1-2H3. The predicted octanol–water partition coefficient (Wildman–Crippen LogP) is 3.61. The average molecular weight is 339 g/mol. The van der Waals surface area contributed by atoms with Crippen LogP contribution in [0.3, 0.4) is 0 Å². The van der Waals surface area contributed by atoms with Crippen LogP contribution in [0.25, 0.3) is 0 Å². The molecular weight excluding hydrogens is 320 g/mol. The van der Waals surface area contributed by atoms with Gasteiger partial charge in [0.25, 0.3) is 0 Å². The molecule has 0 bridgehead atoms. The highest BCUT2D eigenvalue weighted by Crippen LogP contribution is 2.19. The largest absolute Gasteiger partial charge is 0.306 e. The van der Waals surface area contributed by atoms with Gasteiger partial charge in [-0.15, -0.1) is 0 Å². The molecule has 0 aliphatic heterocycles. The molecule has 2 aromatic carbocycles. The van der Waals surface area contributed by atoms with Gasteiger partial charge in [-0.25, -0.2) is 17.2 Å². The van der Waals surface area contributed by atoms with E-state index in [1.165, 1.54) is 12.1 Å². The molecule has 0 saturated heterocycles. The lowest BCUT2D eigenvalue weighted by Gasteiger charge is -2.15. The Hall–Kier alpha value is -1.79. The van der Waals surface area contributed by atoms with Crippen LogP contribution in [0.5, 0.6) is 0 Å². The van der Waals surface area contributed by atoms with Gasteiger partial charge in [0.2, 0.25) is 0 Å². The van der Waals surface area contributed by atoms with Gasteiger partial charge in [-0.05, 0) is 30.7 Å². The molecule has 1 unspecified atom stereocenters. The van der Waals surface area contributed by atoms with Gasteiger partial charge in [-0.1, -0.05) is 25.1 Å². The van der Waals surface area contributed by atoms with Gasteiger partial charge in [0, 0.05) is 24.2 Å². The van der Waals surface area contributed by atoms with E-state index in [0.717, 1.165) is 11.6 Å². The first-order valence-electron chi connectivity index (χ1n) is 7.33. The number of nitrogens with one attached hydrogen (secondary N) is 1. The van der Waals surface area contributed by atoms with Crippen LogP contribution in [0.4, 0.5) is 8.78 Å². The van der Waals surface area contributed by atoms with Crippen LogP contribution in [0, 0.1) is 11.6 Å². The number of benzene rings is 2. The first-order valence-corrected chi connectivity index (χ1v) is 8.98. The van der Waals surface area contributed by atoms with E-state index in [-0.39, 0.29) is 11.8 Å². The molecule has 23 heavy (non-hydrogen) atoms. The highest BCUT2D eigenvalue weighted by Gasteiger charge is 2.13. The highest BCUT2D eigenvalue weighted by molar-refractivity contribution is 7.91. The minimum Gasteiger partial charge on any atom is -0.306 e. The van der Waals surface area contributed by atoms with Crippen LogP contribution < -0.4 is 5.32 Å². The molecule has 6 heteroatoms. The van der Waals surface area contributed by atoms with Crippen LogP contribution >= 0.6 is 0 Å². The highest BCUT2D eigenvalue weighted by atomic mass is 32.2. The summed E-state index contributed by atoms with van der Waals surface area (Å²) in [6.45, 7) is 3.83. The number of halogens is 2. The number of hydrogen-bond donors (Lipinski definition) is 1. The average Bonchev–Trinajstić information content (AvgIpc) is 2.53. The molecule has 0 fully saturated rings. The van der Waals surface area contributed by atoms with Crippen molar-refractivity contribution in [1.29, 1.82) is 0 Å². The number of hydrogen-bond acceptors (Lipinski definition) is 3. The van der Waals surface area contributed by atoms with Crippen LogP contribution in [0.15, 0.2) is 47.4 Å². The SMILES string of the molecule is CCS(=O)(=O)c1ccc(CNC(C)c2ccc(F)cc2F)cc1. The molecule has 0 aliphatic rings. The van der Waals surface area contributed by atoms with Crippen molar-refractivity contribution in [2.45, 2.75) is 31.3 Å². The zero-order valence-electron chi connectivity index (χ0n) is 13.0. The Morgan fingerprint density at radius 3 is 2.30 bits per heavy atom. The first kappa shape index (κ1) is 17.6. The van der Waals surface area contributed by atoms with E-state index in [9.17, 15) is 17.2 Å². The van der Waals surface area contributed by atoms with E-state index < -0.39 is 21.5 Å². The van der Waals surface area contributed by atoms with Gasteiger partial charge in [0.1, 0.15) is 11.6 Å². The van der Waals surface area contributed by atoms with Crippen molar-refractivity contribution in [2.24, 2.45) is 0 Å². The fourth-order valence-electron chi connectivity index (χ4n) is 2.21. The third-order valence-electron chi connectivity index (χ3n) is 3.70. The lowest BCUT2D eigenvalue weighted by Crippen LogP contribution is -2.19. The van der Waals surface area contributed by atoms with Crippen molar-refractivity contribution in [3.8, 4) is 0 Å². The second-order valence-corrected chi connectivity index (χ2v) is 7.59. The van der Waals surface area contributed by atoms with E-state index in [4.69, 9.17) is 0 Å². The van der Waals surface area contributed by atoms with E-state index in [2.05, 4.69) is 5.32 Å². The number of sulfone groups is 1. The molecule has 3 nitrogen and oxygen atoms in total. The summed E-state index contributed by atoms with van der Waals surface area (Å²) in [7, 11) is -3.20. The summed E-state index contributed by atoms with van der Waals surface area (Å²) >= 11 is 0. The van der Waals surface area contributed by atoms with Gasteiger partial charge in [0.15, 0.2) is 9.84 Å². The van der Waals surface area contributed by atoms with Crippen LogP contribution in [0.2, 0.25) is 0 Å². The molecule has 0 aromatic heterocycles. The van der Waals surface area contributed by atoms with E-state index in [1.807, 2.05) is 0 Å². The van der Waals surface area contributed by atoms with E-state index in [0.29, 0.717) is 17.0 Å². The second-order valence-electron chi connectivity index (χ2n) is 5.32. The Morgan fingerprint density at radius 2 is 1.74 bits per heavy atom. The molecule has 2 aromatic rings. The van der Waals surface area contributed by atoms with Crippen LogP contribution in [-0.2, 0) is 16.4 Å². The Morgan fingerprint density at radius 1 is 1.09 bits per heavy atom. The normalized spacial score (nSPS) is 13.0. The summed E-state index contributed by atoms with van der Waals surface area (Å²) in [5.74, 6) is -1.13. The van der Waals surface area contributed by atoms with Crippen molar-refractivity contribution < 1.29 is 17.2 Å². The minimum atomic E-state index is -3.20. The maximum absolute atomic E-state index is 13.7. The Labute approximate surface area is 135 Å².